The molecule has 0 spiro atoms. The van der Waals surface area contributed by atoms with Crippen LogP contribution in [0.3, 0.4) is 0 Å². The van der Waals surface area contributed by atoms with Gasteiger partial charge in [-0.2, -0.15) is 0 Å². The number of carbonyl (C=O) groups is 1. The summed E-state index contributed by atoms with van der Waals surface area (Å²) in [5.74, 6) is 0.562. The molecule has 0 radical (unpaired) electrons. The molecular formula is C16H21NO5. The van der Waals surface area contributed by atoms with E-state index in [1.54, 1.807) is 6.92 Å². The van der Waals surface area contributed by atoms with Crippen LogP contribution in [0.15, 0.2) is 12.1 Å². The second-order valence-corrected chi connectivity index (χ2v) is 6.39. The maximum atomic E-state index is 11.8. The highest BCUT2D eigenvalue weighted by atomic mass is 16.5. The third-order valence-electron chi connectivity index (χ3n) is 4.12. The molecule has 6 nitrogen and oxygen atoms in total. The Labute approximate surface area is 129 Å². The lowest BCUT2D eigenvalue weighted by molar-refractivity contribution is -0.380. The average molecular weight is 307 g/mol. The van der Waals surface area contributed by atoms with E-state index in [0.29, 0.717) is 12.3 Å². The van der Waals surface area contributed by atoms with Gasteiger partial charge in [-0.25, -0.2) is 0 Å². The first-order valence-electron chi connectivity index (χ1n) is 7.36. The van der Waals surface area contributed by atoms with E-state index in [1.807, 2.05) is 31.2 Å². The summed E-state index contributed by atoms with van der Waals surface area (Å²) in [6.07, 6.45) is 1.51. The smallest absolute Gasteiger partial charge is 0.309 e. The van der Waals surface area contributed by atoms with Gasteiger partial charge in [-0.05, 0) is 33.3 Å². The summed E-state index contributed by atoms with van der Waals surface area (Å²) in [4.78, 5) is 23.0. The predicted octanol–water partition coefficient (Wildman–Crippen LogP) is 1.37. The number of esters is 1. The Morgan fingerprint density at radius 2 is 2.18 bits per heavy atom. The fraction of sp³-hybridized carbons (Fsp3) is 0.562. The van der Waals surface area contributed by atoms with Gasteiger partial charge in [0, 0.05) is 39.6 Å². The van der Waals surface area contributed by atoms with Gasteiger partial charge in [-0.15, -0.1) is 0 Å². The zero-order valence-corrected chi connectivity index (χ0v) is 13.0. The van der Waals surface area contributed by atoms with Crippen LogP contribution in [0.4, 0.5) is 5.69 Å². The first-order chi connectivity index (χ1) is 9.95. The van der Waals surface area contributed by atoms with Crippen LogP contribution in [0, 0.1) is 10.8 Å². The maximum absolute atomic E-state index is 11.8. The number of rotatable bonds is 4. The molecule has 2 atom stereocenters. The molecule has 2 unspecified atom stereocenters. The van der Waals surface area contributed by atoms with Crippen molar-refractivity contribution in [2.75, 3.05) is 6.61 Å². The summed E-state index contributed by atoms with van der Waals surface area (Å²) < 4.78 is 11.0. The minimum atomic E-state index is -0.245. The van der Waals surface area contributed by atoms with Crippen LogP contribution in [0.25, 0.3) is 0 Å². The van der Waals surface area contributed by atoms with E-state index in [1.165, 1.54) is 0 Å². The van der Waals surface area contributed by atoms with E-state index >= 15 is 0 Å². The number of nitrogens with one attached hydrogen (secondary N) is 1. The molecule has 1 fully saturated rings. The van der Waals surface area contributed by atoms with Crippen LogP contribution in [-0.4, -0.2) is 23.7 Å². The molecular weight excluding hydrogens is 286 g/mol. The van der Waals surface area contributed by atoms with Crippen molar-refractivity contribution < 1.29 is 24.9 Å². The molecule has 22 heavy (non-hydrogen) atoms. The van der Waals surface area contributed by atoms with E-state index in [9.17, 15) is 9.70 Å². The van der Waals surface area contributed by atoms with Crippen LogP contribution in [0.5, 0.6) is 5.75 Å². The molecule has 120 valence electrons. The van der Waals surface area contributed by atoms with E-state index in [2.05, 4.69) is 0 Å². The van der Waals surface area contributed by atoms with Gasteiger partial charge in [0.15, 0.2) is 0 Å². The van der Waals surface area contributed by atoms with Crippen molar-refractivity contribution in [3.8, 4) is 5.75 Å². The molecule has 1 heterocycles. The van der Waals surface area contributed by atoms with Gasteiger partial charge in [0.25, 0.3) is 5.69 Å². The van der Waals surface area contributed by atoms with Crippen LogP contribution in [0.1, 0.15) is 44.2 Å². The highest BCUT2D eigenvalue weighted by Crippen LogP contribution is 2.52. The maximum Gasteiger partial charge on any atom is 0.309 e. The van der Waals surface area contributed by atoms with Crippen molar-refractivity contribution in [2.45, 2.75) is 45.1 Å². The minimum absolute atomic E-state index is 0. The van der Waals surface area contributed by atoms with Gasteiger partial charge >= 0.3 is 5.97 Å². The number of fused-ring (bicyclic) bond motifs is 1. The fourth-order valence-corrected chi connectivity index (χ4v) is 3.11. The van der Waals surface area contributed by atoms with Crippen molar-refractivity contribution >= 4 is 11.7 Å². The van der Waals surface area contributed by atoms with Crippen molar-refractivity contribution in [2.24, 2.45) is 5.92 Å². The Morgan fingerprint density at radius 3 is 2.82 bits per heavy atom. The molecule has 1 aromatic carbocycles. The quantitative estimate of drug-likeness (QED) is 0.847. The summed E-state index contributed by atoms with van der Waals surface area (Å²) in [5.41, 5.74) is 2.20. The summed E-state index contributed by atoms with van der Waals surface area (Å²) in [6, 6.07) is 3.77. The van der Waals surface area contributed by atoms with Crippen molar-refractivity contribution in [1.82, 2.24) is 0 Å². The molecule has 3 rings (SSSR count). The molecule has 0 saturated heterocycles. The number of ether oxygens (including phenoxy) is 2. The minimum Gasteiger partial charge on any atom is -0.870 e. The topological polar surface area (TPSA) is 96.6 Å². The van der Waals surface area contributed by atoms with Gasteiger partial charge in [0.1, 0.15) is 11.4 Å². The van der Waals surface area contributed by atoms with Crippen molar-refractivity contribution in [3.05, 3.63) is 28.2 Å². The first-order valence-corrected chi connectivity index (χ1v) is 7.36. The average Bonchev–Trinajstić information content (AvgIpc) is 3.14. The third kappa shape index (κ3) is 2.83. The Morgan fingerprint density at radius 1 is 1.45 bits per heavy atom. The molecule has 2 N–H and O–H groups in total. The molecule has 2 aliphatic rings. The molecule has 0 aromatic heterocycles. The summed E-state index contributed by atoms with van der Waals surface area (Å²) in [5, 5.41) is 2.01. The zero-order chi connectivity index (χ0) is 15.2. The predicted molar refractivity (Wildman–Crippen MR) is 78.3 cm³/mol. The second-order valence-electron chi connectivity index (χ2n) is 6.39. The second kappa shape index (κ2) is 5.68. The highest BCUT2D eigenvalue weighted by Gasteiger charge is 2.48. The largest absolute Gasteiger partial charge is 0.870 e. The van der Waals surface area contributed by atoms with Gasteiger partial charge in [0.2, 0.25) is 0 Å². The molecule has 6 heteroatoms. The van der Waals surface area contributed by atoms with E-state index in [-0.39, 0.29) is 28.9 Å². The van der Waals surface area contributed by atoms with Crippen LogP contribution < -0.4 is 9.91 Å². The number of hydrogen-bond acceptors (Lipinski definition) is 5. The SMILES string of the molecule is CCOC(=O)C1CC1c1cc2c(cc1[NH+]=O)CC(C)(C)O2.[OH-]. The Hall–Kier alpha value is -1.95. The third-order valence-corrected chi connectivity index (χ3v) is 4.12. The van der Waals surface area contributed by atoms with E-state index in [4.69, 9.17) is 9.47 Å². The lowest BCUT2D eigenvalue weighted by Gasteiger charge is -2.16. The van der Waals surface area contributed by atoms with Gasteiger partial charge in [-0.3, -0.25) is 4.79 Å². The van der Waals surface area contributed by atoms with Gasteiger partial charge in [-0.1, -0.05) is 0 Å². The summed E-state index contributed by atoms with van der Waals surface area (Å²) in [6.45, 7) is 6.23. The molecule has 1 aliphatic heterocycles. The Bertz CT molecular complexity index is 611. The standard InChI is InChI=1S/C16H19NO4.H2O/c1-4-20-15(18)12-6-10(12)11-7-14-9(5-13(11)17-19)8-16(2,3)21-14;/h5,7,10,12H,4,6,8H2,1-3H3;1H2. The van der Waals surface area contributed by atoms with Crippen LogP contribution in [-0.2, 0) is 16.0 Å². The summed E-state index contributed by atoms with van der Waals surface area (Å²) >= 11 is 0. The lowest BCUT2D eigenvalue weighted by Crippen LogP contribution is -2.56. The Balaban J connectivity index is 0.00000176. The monoisotopic (exact) mass is 307 g/mol. The molecule has 1 aliphatic carbocycles. The van der Waals surface area contributed by atoms with Crippen LogP contribution >= 0.6 is 0 Å². The van der Waals surface area contributed by atoms with Crippen molar-refractivity contribution in [3.63, 3.8) is 0 Å². The molecule has 1 saturated carbocycles. The molecule has 1 aromatic rings. The van der Waals surface area contributed by atoms with Crippen LogP contribution in [0.2, 0.25) is 0 Å². The number of carbonyl (C=O) groups excluding carboxylic acids is 1. The lowest BCUT2D eigenvalue weighted by atomic mass is 9.98. The highest BCUT2D eigenvalue weighted by molar-refractivity contribution is 5.78. The van der Waals surface area contributed by atoms with E-state index in [0.717, 1.165) is 29.7 Å². The number of hydrogen-bond donors (Lipinski definition) is 1. The fourth-order valence-electron chi connectivity index (χ4n) is 3.11. The number of benzene rings is 1. The number of nitroso groups, excluding NO2 is 1. The normalized spacial score (nSPS) is 23.8. The Kier molecular flexibility index (Phi) is 4.24. The first kappa shape index (κ1) is 16.4. The molecule has 0 amide bonds. The van der Waals surface area contributed by atoms with Gasteiger partial charge < -0.3 is 14.9 Å². The summed E-state index contributed by atoms with van der Waals surface area (Å²) in [7, 11) is 0. The van der Waals surface area contributed by atoms with Crippen molar-refractivity contribution in [1.29, 1.82) is 0 Å². The van der Waals surface area contributed by atoms with Gasteiger partial charge in [0.05, 0.1) is 12.5 Å². The zero-order valence-electron chi connectivity index (χ0n) is 13.0. The van der Waals surface area contributed by atoms with E-state index < -0.39 is 0 Å². The molecule has 0 bridgehead atoms.